The van der Waals surface area contributed by atoms with E-state index in [4.69, 9.17) is 0 Å². The standard InChI is InChI=1S/C18H27N3O3S/c1-15(16-7-8-16)18(22)21-13-11-20(12-14-21)10-9-19-25(23,24)17-5-3-2-4-6-17/h2-6,15-16,19H,7-14H2,1H3. The second-order valence-electron chi connectivity index (χ2n) is 7.00. The molecule has 0 aromatic heterocycles. The lowest BCUT2D eigenvalue weighted by Crippen LogP contribution is -2.51. The van der Waals surface area contributed by atoms with Gasteiger partial charge < -0.3 is 4.90 Å². The zero-order valence-corrected chi connectivity index (χ0v) is 15.5. The van der Waals surface area contributed by atoms with Gasteiger partial charge in [-0.25, -0.2) is 13.1 Å². The van der Waals surface area contributed by atoms with Crippen molar-refractivity contribution in [2.24, 2.45) is 11.8 Å². The van der Waals surface area contributed by atoms with Crippen LogP contribution in [0.1, 0.15) is 19.8 Å². The Morgan fingerprint density at radius 3 is 2.40 bits per heavy atom. The van der Waals surface area contributed by atoms with E-state index in [2.05, 4.69) is 9.62 Å². The van der Waals surface area contributed by atoms with Gasteiger partial charge in [-0.3, -0.25) is 9.69 Å². The van der Waals surface area contributed by atoms with Gasteiger partial charge in [0.15, 0.2) is 0 Å². The first kappa shape index (κ1) is 18.4. The molecule has 1 saturated heterocycles. The van der Waals surface area contributed by atoms with Gasteiger partial charge in [0, 0.05) is 45.2 Å². The van der Waals surface area contributed by atoms with Gasteiger partial charge in [-0.15, -0.1) is 0 Å². The van der Waals surface area contributed by atoms with Gasteiger partial charge in [0.1, 0.15) is 0 Å². The van der Waals surface area contributed by atoms with E-state index >= 15 is 0 Å². The SMILES string of the molecule is CC(C(=O)N1CCN(CCNS(=O)(=O)c2ccccc2)CC1)C1CC1. The molecule has 6 nitrogen and oxygen atoms in total. The van der Waals surface area contributed by atoms with Crippen LogP contribution in [0.25, 0.3) is 0 Å². The van der Waals surface area contributed by atoms with Crippen molar-refractivity contribution in [3.63, 3.8) is 0 Å². The van der Waals surface area contributed by atoms with Crippen LogP contribution in [0.5, 0.6) is 0 Å². The van der Waals surface area contributed by atoms with E-state index in [0.717, 1.165) is 26.2 Å². The summed E-state index contributed by atoms with van der Waals surface area (Å²) >= 11 is 0. The molecule has 1 aromatic rings. The maximum Gasteiger partial charge on any atom is 0.240 e. The Morgan fingerprint density at radius 1 is 1.16 bits per heavy atom. The van der Waals surface area contributed by atoms with Crippen LogP contribution in [0.3, 0.4) is 0 Å². The topological polar surface area (TPSA) is 69.7 Å². The third kappa shape index (κ3) is 4.80. The summed E-state index contributed by atoms with van der Waals surface area (Å²) in [5, 5.41) is 0. The fourth-order valence-corrected chi connectivity index (χ4v) is 4.34. The van der Waals surface area contributed by atoms with Gasteiger partial charge in [0.05, 0.1) is 4.90 Å². The average molecular weight is 365 g/mol. The highest BCUT2D eigenvalue weighted by atomic mass is 32.2. The molecule has 3 rings (SSSR count). The van der Waals surface area contributed by atoms with Gasteiger partial charge in [0.25, 0.3) is 0 Å². The quantitative estimate of drug-likeness (QED) is 0.787. The number of hydrogen-bond acceptors (Lipinski definition) is 4. The highest BCUT2D eigenvalue weighted by Gasteiger charge is 2.35. The molecule has 0 spiro atoms. The molecule has 1 saturated carbocycles. The summed E-state index contributed by atoms with van der Waals surface area (Å²) in [6.45, 7) is 6.16. The summed E-state index contributed by atoms with van der Waals surface area (Å²) in [4.78, 5) is 16.9. The van der Waals surface area contributed by atoms with E-state index in [0.29, 0.717) is 23.9 Å². The minimum Gasteiger partial charge on any atom is -0.340 e. The second-order valence-corrected chi connectivity index (χ2v) is 8.77. The van der Waals surface area contributed by atoms with Gasteiger partial charge in [0.2, 0.25) is 15.9 Å². The van der Waals surface area contributed by atoms with Crippen LogP contribution in [-0.2, 0) is 14.8 Å². The molecule has 1 amide bonds. The van der Waals surface area contributed by atoms with Crippen molar-refractivity contribution in [2.45, 2.75) is 24.7 Å². The molecule has 0 radical (unpaired) electrons. The first-order chi connectivity index (χ1) is 12.0. The minimum atomic E-state index is -3.44. The number of benzene rings is 1. The molecule has 1 atom stereocenters. The third-order valence-electron chi connectivity index (χ3n) is 5.18. The average Bonchev–Trinajstić information content (AvgIpc) is 3.47. The van der Waals surface area contributed by atoms with Crippen LogP contribution in [0.2, 0.25) is 0 Å². The highest BCUT2D eigenvalue weighted by molar-refractivity contribution is 7.89. The number of hydrogen-bond donors (Lipinski definition) is 1. The van der Waals surface area contributed by atoms with Gasteiger partial charge in [-0.05, 0) is 30.9 Å². The molecule has 25 heavy (non-hydrogen) atoms. The Labute approximate surface area is 150 Å². The number of nitrogens with zero attached hydrogens (tertiary/aromatic N) is 2. The van der Waals surface area contributed by atoms with Crippen molar-refractivity contribution in [1.82, 2.24) is 14.5 Å². The smallest absolute Gasteiger partial charge is 0.240 e. The van der Waals surface area contributed by atoms with E-state index in [1.807, 2.05) is 11.8 Å². The normalized spacial score (nSPS) is 20.4. The fraction of sp³-hybridized carbons (Fsp3) is 0.611. The zero-order valence-electron chi connectivity index (χ0n) is 14.7. The highest BCUT2D eigenvalue weighted by Crippen LogP contribution is 2.37. The van der Waals surface area contributed by atoms with E-state index in [-0.39, 0.29) is 11.8 Å². The van der Waals surface area contributed by atoms with Gasteiger partial charge >= 0.3 is 0 Å². The molecule has 2 fully saturated rings. The Balaban J connectivity index is 1.40. The summed E-state index contributed by atoms with van der Waals surface area (Å²) in [5.41, 5.74) is 0. The Morgan fingerprint density at radius 2 is 1.80 bits per heavy atom. The first-order valence-electron chi connectivity index (χ1n) is 9.03. The number of carbonyl (C=O) groups is 1. The molecule has 7 heteroatoms. The molecule has 1 aliphatic carbocycles. The number of sulfonamides is 1. The number of nitrogens with one attached hydrogen (secondary N) is 1. The summed E-state index contributed by atoms with van der Waals surface area (Å²) in [6, 6.07) is 8.41. The Bertz CT molecular complexity index is 681. The number of rotatable bonds is 7. The lowest BCUT2D eigenvalue weighted by Gasteiger charge is -2.36. The second kappa shape index (κ2) is 7.85. The predicted octanol–water partition coefficient (Wildman–Crippen LogP) is 1.16. The first-order valence-corrected chi connectivity index (χ1v) is 10.5. The maximum atomic E-state index is 12.4. The van der Waals surface area contributed by atoms with Gasteiger partial charge in [-0.2, -0.15) is 0 Å². The predicted molar refractivity (Wildman–Crippen MR) is 96.5 cm³/mol. The molecule has 138 valence electrons. The van der Waals surface area contributed by atoms with Crippen molar-refractivity contribution in [1.29, 1.82) is 0 Å². The Hall–Kier alpha value is -1.44. The van der Waals surface area contributed by atoms with Crippen molar-refractivity contribution >= 4 is 15.9 Å². The minimum absolute atomic E-state index is 0.157. The Kier molecular flexibility index (Phi) is 5.76. The molecule has 0 bridgehead atoms. The van der Waals surface area contributed by atoms with E-state index in [1.54, 1.807) is 30.3 Å². The molecule has 1 aromatic carbocycles. The fourth-order valence-electron chi connectivity index (χ4n) is 3.30. The van der Waals surface area contributed by atoms with Crippen LogP contribution in [0, 0.1) is 11.8 Å². The van der Waals surface area contributed by atoms with Crippen LogP contribution < -0.4 is 4.72 Å². The van der Waals surface area contributed by atoms with E-state index in [9.17, 15) is 13.2 Å². The third-order valence-corrected chi connectivity index (χ3v) is 6.65. The van der Waals surface area contributed by atoms with Crippen molar-refractivity contribution < 1.29 is 13.2 Å². The summed E-state index contributed by atoms with van der Waals surface area (Å²) in [7, 11) is -3.44. The molecular weight excluding hydrogens is 338 g/mol. The summed E-state index contributed by atoms with van der Waals surface area (Å²) in [5.74, 6) is 1.04. The van der Waals surface area contributed by atoms with Crippen LogP contribution in [0.15, 0.2) is 35.2 Å². The van der Waals surface area contributed by atoms with E-state index in [1.165, 1.54) is 12.8 Å². The van der Waals surface area contributed by atoms with Crippen LogP contribution >= 0.6 is 0 Å². The van der Waals surface area contributed by atoms with Gasteiger partial charge in [-0.1, -0.05) is 25.1 Å². The summed E-state index contributed by atoms with van der Waals surface area (Å²) < 4.78 is 27.0. The number of amides is 1. The molecule has 2 aliphatic rings. The van der Waals surface area contributed by atoms with Crippen LogP contribution in [-0.4, -0.2) is 63.4 Å². The van der Waals surface area contributed by atoms with Crippen molar-refractivity contribution in [3.8, 4) is 0 Å². The zero-order chi connectivity index (χ0) is 17.9. The molecular formula is C18H27N3O3S. The maximum absolute atomic E-state index is 12.4. The molecule has 1 unspecified atom stereocenters. The van der Waals surface area contributed by atoms with Crippen LogP contribution in [0.4, 0.5) is 0 Å². The largest absolute Gasteiger partial charge is 0.340 e. The number of carbonyl (C=O) groups excluding carboxylic acids is 1. The van der Waals surface area contributed by atoms with E-state index < -0.39 is 10.0 Å². The monoisotopic (exact) mass is 365 g/mol. The lowest BCUT2D eigenvalue weighted by atomic mass is 10.0. The summed E-state index contributed by atoms with van der Waals surface area (Å²) in [6.07, 6.45) is 2.38. The van der Waals surface area contributed by atoms with Crippen molar-refractivity contribution in [2.75, 3.05) is 39.3 Å². The molecule has 1 N–H and O–H groups in total. The lowest BCUT2D eigenvalue weighted by molar-refractivity contribution is -0.137. The number of piperazine rings is 1. The van der Waals surface area contributed by atoms with Crippen molar-refractivity contribution in [3.05, 3.63) is 30.3 Å². The molecule has 1 heterocycles. The molecule has 1 aliphatic heterocycles.